The first-order valence-corrected chi connectivity index (χ1v) is 6.39. The van der Waals surface area contributed by atoms with Gasteiger partial charge in [-0.1, -0.05) is 26.8 Å². The molecule has 1 heterocycles. The van der Waals surface area contributed by atoms with Gasteiger partial charge in [0.15, 0.2) is 0 Å². The molecule has 1 aliphatic heterocycles. The van der Waals surface area contributed by atoms with Crippen LogP contribution >= 0.6 is 0 Å². The number of benzene rings is 1. The van der Waals surface area contributed by atoms with Crippen LogP contribution in [0.4, 0.5) is 0 Å². The van der Waals surface area contributed by atoms with Crippen LogP contribution in [0, 0.1) is 0 Å². The van der Waals surface area contributed by atoms with Crippen molar-refractivity contribution < 1.29 is 9.84 Å². The molecule has 1 aromatic rings. The van der Waals surface area contributed by atoms with Gasteiger partial charge in [-0.15, -0.1) is 0 Å². The Morgan fingerprint density at radius 1 is 1.18 bits per heavy atom. The molecule has 2 heteroatoms. The zero-order valence-corrected chi connectivity index (χ0v) is 10.8. The largest absolute Gasteiger partial charge is 0.507 e. The second-order valence-corrected chi connectivity index (χ2v) is 4.55. The van der Waals surface area contributed by atoms with E-state index in [9.17, 15) is 5.11 Å². The van der Waals surface area contributed by atoms with E-state index < -0.39 is 0 Å². The van der Waals surface area contributed by atoms with Gasteiger partial charge in [0, 0.05) is 0 Å². The molecule has 0 atom stereocenters. The molecular formula is C15H20O2. The molecule has 0 bridgehead atoms. The van der Waals surface area contributed by atoms with Crippen LogP contribution in [-0.4, -0.2) is 10.7 Å². The summed E-state index contributed by atoms with van der Waals surface area (Å²) in [5.41, 5.74) is 1.85. The number of allylic oxidation sites excluding steroid dienone is 1. The molecule has 0 fully saturated rings. The van der Waals surface area contributed by atoms with E-state index in [2.05, 4.69) is 26.8 Å². The summed E-state index contributed by atoms with van der Waals surface area (Å²) in [5.74, 6) is 1.13. The number of phenols is 1. The first-order chi connectivity index (χ1) is 8.15. The molecular weight excluding hydrogens is 212 g/mol. The fourth-order valence-corrected chi connectivity index (χ4v) is 2.44. The minimum absolute atomic E-state index is 0.202. The molecule has 0 aliphatic carbocycles. The van der Waals surface area contributed by atoms with Crippen LogP contribution in [-0.2, 0) is 0 Å². The lowest BCUT2D eigenvalue weighted by Gasteiger charge is -2.35. The molecule has 1 aliphatic rings. The van der Waals surface area contributed by atoms with E-state index in [1.54, 1.807) is 6.07 Å². The standard InChI is InChI=1S/C15H20O2/c1-4-11-10-15(5-2,6-3)17-13-9-7-8-12(16)14(11)13/h7-10,16H,4-6H2,1-3H3. The van der Waals surface area contributed by atoms with Crippen LogP contribution in [0.5, 0.6) is 11.5 Å². The highest BCUT2D eigenvalue weighted by Gasteiger charge is 2.32. The van der Waals surface area contributed by atoms with Crippen molar-refractivity contribution in [1.29, 1.82) is 0 Å². The summed E-state index contributed by atoms with van der Waals surface area (Å²) >= 11 is 0. The van der Waals surface area contributed by atoms with Crippen molar-refractivity contribution >= 4 is 5.57 Å². The van der Waals surface area contributed by atoms with Crippen LogP contribution in [0.2, 0.25) is 0 Å². The van der Waals surface area contributed by atoms with E-state index in [-0.39, 0.29) is 5.60 Å². The van der Waals surface area contributed by atoms with Crippen molar-refractivity contribution in [2.24, 2.45) is 0 Å². The summed E-state index contributed by atoms with van der Waals surface area (Å²) in [4.78, 5) is 0. The SMILES string of the molecule is CCC1=CC(CC)(CC)Oc2cccc(O)c21. The molecule has 17 heavy (non-hydrogen) atoms. The molecule has 0 unspecified atom stereocenters. The molecule has 2 rings (SSSR count). The average molecular weight is 232 g/mol. The number of fused-ring (bicyclic) bond motifs is 1. The van der Waals surface area contributed by atoms with Gasteiger partial charge in [0.2, 0.25) is 0 Å². The Kier molecular flexibility index (Phi) is 3.14. The Balaban J connectivity index is 2.57. The first-order valence-electron chi connectivity index (χ1n) is 6.39. The van der Waals surface area contributed by atoms with Crippen LogP contribution in [0.25, 0.3) is 5.57 Å². The zero-order valence-electron chi connectivity index (χ0n) is 10.8. The Labute approximate surface area is 103 Å². The number of aromatic hydroxyl groups is 1. The molecule has 0 radical (unpaired) electrons. The van der Waals surface area contributed by atoms with Crippen molar-refractivity contribution in [2.75, 3.05) is 0 Å². The van der Waals surface area contributed by atoms with Gasteiger partial charge < -0.3 is 9.84 Å². The summed E-state index contributed by atoms with van der Waals surface area (Å²) in [6.07, 6.45) is 4.99. The van der Waals surface area contributed by atoms with Crippen LogP contribution in [0.15, 0.2) is 24.3 Å². The van der Waals surface area contributed by atoms with E-state index in [0.717, 1.165) is 30.6 Å². The molecule has 0 amide bonds. The van der Waals surface area contributed by atoms with E-state index >= 15 is 0 Å². The van der Waals surface area contributed by atoms with Gasteiger partial charge in [-0.05, 0) is 43.0 Å². The highest BCUT2D eigenvalue weighted by Crippen LogP contribution is 2.44. The minimum atomic E-state index is -0.202. The van der Waals surface area contributed by atoms with Crippen molar-refractivity contribution in [2.45, 2.75) is 45.6 Å². The maximum absolute atomic E-state index is 9.95. The topological polar surface area (TPSA) is 29.5 Å². The lowest BCUT2D eigenvalue weighted by Crippen LogP contribution is -2.35. The summed E-state index contributed by atoms with van der Waals surface area (Å²) < 4.78 is 6.09. The highest BCUT2D eigenvalue weighted by atomic mass is 16.5. The van der Waals surface area contributed by atoms with Crippen LogP contribution in [0.3, 0.4) is 0 Å². The summed E-state index contributed by atoms with van der Waals surface area (Å²) in [7, 11) is 0. The van der Waals surface area contributed by atoms with Crippen LogP contribution in [0.1, 0.15) is 45.6 Å². The maximum Gasteiger partial charge on any atom is 0.131 e. The van der Waals surface area contributed by atoms with E-state index in [4.69, 9.17) is 4.74 Å². The quantitative estimate of drug-likeness (QED) is 0.848. The molecule has 1 aromatic carbocycles. The lowest BCUT2D eigenvalue weighted by atomic mass is 9.87. The third kappa shape index (κ3) is 1.92. The van der Waals surface area contributed by atoms with Gasteiger partial charge in [-0.25, -0.2) is 0 Å². The monoisotopic (exact) mass is 232 g/mol. The fourth-order valence-electron chi connectivity index (χ4n) is 2.44. The molecule has 2 nitrogen and oxygen atoms in total. The minimum Gasteiger partial charge on any atom is -0.507 e. The third-order valence-electron chi connectivity index (χ3n) is 3.65. The number of rotatable bonds is 3. The second kappa shape index (κ2) is 4.44. The van der Waals surface area contributed by atoms with Gasteiger partial charge in [-0.2, -0.15) is 0 Å². The fraction of sp³-hybridized carbons (Fsp3) is 0.467. The smallest absolute Gasteiger partial charge is 0.131 e. The number of ether oxygens (including phenoxy) is 1. The molecule has 0 saturated heterocycles. The van der Waals surface area contributed by atoms with Gasteiger partial charge in [0.05, 0.1) is 5.56 Å². The predicted molar refractivity (Wildman–Crippen MR) is 70.3 cm³/mol. The van der Waals surface area contributed by atoms with Gasteiger partial charge in [0.25, 0.3) is 0 Å². The third-order valence-corrected chi connectivity index (χ3v) is 3.65. The van der Waals surface area contributed by atoms with E-state index in [1.807, 2.05) is 12.1 Å². The highest BCUT2D eigenvalue weighted by molar-refractivity contribution is 5.77. The van der Waals surface area contributed by atoms with Crippen molar-refractivity contribution in [1.82, 2.24) is 0 Å². The summed E-state index contributed by atoms with van der Waals surface area (Å²) in [6.45, 7) is 6.39. The van der Waals surface area contributed by atoms with E-state index in [0.29, 0.717) is 5.75 Å². The molecule has 0 saturated carbocycles. The van der Waals surface area contributed by atoms with Crippen molar-refractivity contribution in [3.63, 3.8) is 0 Å². The lowest BCUT2D eigenvalue weighted by molar-refractivity contribution is 0.107. The van der Waals surface area contributed by atoms with Crippen LogP contribution < -0.4 is 4.74 Å². The van der Waals surface area contributed by atoms with Crippen molar-refractivity contribution in [3.8, 4) is 11.5 Å². The molecule has 0 spiro atoms. The van der Waals surface area contributed by atoms with E-state index in [1.165, 1.54) is 5.57 Å². The Hall–Kier alpha value is -1.44. The first kappa shape index (κ1) is 12.0. The maximum atomic E-state index is 9.95. The number of hydrogen-bond donors (Lipinski definition) is 1. The normalized spacial score (nSPS) is 17.0. The van der Waals surface area contributed by atoms with Gasteiger partial charge >= 0.3 is 0 Å². The van der Waals surface area contributed by atoms with Gasteiger partial charge in [0.1, 0.15) is 17.1 Å². The molecule has 0 aromatic heterocycles. The summed E-state index contributed by atoms with van der Waals surface area (Å²) in [5, 5.41) is 9.95. The molecule has 92 valence electrons. The second-order valence-electron chi connectivity index (χ2n) is 4.55. The Morgan fingerprint density at radius 2 is 1.88 bits per heavy atom. The Bertz CT molecular complexity index is 442. The average Bonchev–Trinajstić information content (AvgIpc) is 2.37. The van der Waals surface area contributed by atoms with Gasteiger partial charge in [-0.3, -0.25) is 0 Å². The Morgan fingerprint density at radius 3 is 2.47 bits per heavy atom. The number of phenolic OH excluding ortho intramolecular Hbond substituents is 1. The number of hydrogen-bond acceptors (Lipinski definition) is 2. The van der Waals surface area contributed by atoms with Crippen molar-refractivity contribution in [3.05, 3.63) is 29.8 Å². The predicted octanol–water partition coefficient (Wildman–Crippen LogP) is 4.14. The zero-order chi connectivity index (χ0) is 12.5. The summed E-state index contributed by atoms with van der Waals surface area (Å²) in [6, 6.07) is 5.50. The molecule has 1 N–H and O–H groups in total.